The molecule has 0 unspecified atom stereocenters. The quantitative estimate of drug-likeness (QED) is 0.434. The maximum Gasteiger partial charge on any atom is 0.274 e. The fourth-order valence-electron chi connectivity index (χ4n) is 4.50. The van der Waals surface area contributed by atoms with Crippen LogP contribution < -0.4 is 5.32 Å². The van der Waals surface area contributed by atoms with Gasteiger partial charge in [0, 0.05) is 48.9 Å². The third-order valence-electron chi connectivity index (χ3n) is 6.29. The van der Waals surface area contributed by atoms with Crippen molar-refractivity contribution in [2.75, 3.05) is 14.1 Å². The Morgan fingerprint density at radius 3 is 2.59 bits per heavy atom. The first-order chi connectivity index (χ1) is 16.6. The molecule has 34 heavy (non-hydrogen) atoms. The van der Waals surface area contributed by atoms with E-state index in [2.05, 4.69) is 35.0 Å². The van der Waals surface area contributed by atoms with Gasteiger partial charge in [-0.3, -0.25) is 9.48 Å². The van der Waals surface area contributed by atoms with Gasteiger partial charge in [-0.1, -0.05) is 60.7 Å². The highest BCUT2D eigenvalue weighted by molar-refractivity contribution is 7.09. The van der Waals surface area contributed by atoms with Crippen molar-refractivity contribution in [3.8, 4) is 11.3 Å². The second-order valence-corrected chi connectivity index (χ2v) is 9.87. The zero-order chi connectivity index (χ0) is 23.5. The van der Waals surface area contributed by atoms with Crippen LogP contribution in [0.1, 0.15) is 38.7 Å². The lowest BCUT2D eigenvalue weighted by atomic mass is 9.91. The van der Waals surface area contributed by atoms with Gasteiger partial charge < -0.3 is 10.2 Å². The van der Waals surface area contributed by atoms with Crippen LogP contribution in [0.4, 0.5) is 0 Å². The SMILES string of the molecule is CN(C)C(=O)c1nn(Cc2ccccc2)c2c1C[C@@H](NCc1nc(-c3ccccc3)cs1)CC2. The van der Waals surface area contributed by atoms with Gasteiger partial charge in [0.05, 0.1) is 12.2 Å². The van der Waals surface area contributed by atoms with Gasteiger partial charge in [0.1, 0.15) is 5.01 Å². The molecule has 0 bridgehead atoms. The zero-order valence-corrected chi connectivity index (χ0v) is 20.4. The molecule has 1 N–H and O–H groups in total. The molecular weight excluding hydrogens is 442 g/mol. The minimum atomic E-state index is -0.0314. The average molecular weight is 472 g/mol. The summed E-state index contributed by atoms with van der Waals surface area (Å²) >= 11 is 1.69. The molecule has 0 saturated carbocycles. The van der Waals surface area contributed by atoms with Gasteiger partial charge in [-0.25, -0.2) is 4.98 Å². The number of fused-ring (bicyclic) bond motifs is 1. The van der Waals surface area contributed by atoms with Gasteiger partial charge in [-0.2, -0.15) is 5.10 Å². The van der Waals surface area contributed by atoms with Gasteiger partial charge in [0.15, 0.2) is 5.69 Å². The van der Waals surface area contributed by atoms with Crippen LogP contribution in [0.5, 0.6) is 0 Å². The monoisotopic (exact) mass is 471 g/mol. The fourth-order valence-corrected chi connectivity index (χ4v) is 5.25. The van der Waals surface area contributed by atoms with Gasteiger partial charge >= 0.3 is 0 Å². The number of hydrogen-bond acceptors (Lipinski definition) is 5. The van der Waals surface area contributed by atoms with Gasteiger partial charge in [0.2, 0.25) is 0 Å². The number of hydrogen-bond donors (Lipinski definition) is 1. The first kappa shape index (κ1) is 22.5. The van der Waals surface area contributed by atoms with Crippen molar-refractivity contribution < 1.29 is 4.79 Å². The van der Waals surface area contributed by atoms with E-state index in [1.165, 1.54) is 11.3 Å². The summed E-state index contributed by atoms with van der Waals surface area (Å²) < 4.78 is 2.03. The molecule has 2 aromatic carbocycles. The summed E-state index contributed by atoms with van der Waals surface area (Å²) in [6.07, 6.45) is 2.72. The number of nitrogens with one attached hydrogen (secondary N) is 1. The number of benzene rings is 2. The summed E-state index contributed by atoms with van der Waals surface area (Å²) in [6, 6.07) is 20.9. The molecule has 6 nitrogen and oxygen atoms in total. The highest BCUT2D eigenvalue weighted by Crippen LogP contribution is 2.27. The molecule has 1 aliphatic rings. The van der Waals surface area contributed by atoms with Crippen LogP contribution in [0.25, 0.3) is 11.3 Å². The number of nitrogens with zero attached hydrogens (tertiary/aromatic N) is 4. The van der Waals surface area contributed by atoms with E-state index in [1.807, 2.05) is 41.1 Å². The Morgan fingerprint density at radius 2 is 1.85 bits per heavy atom. The van der Waals surface area contributed by atoms with E-state index in [0.29, 0.717) is 18.3 Å². The molecule has 1 aliphatic carbocycles. The molecule has 5 rings (SSSR count). The second-order valence-electron chi connectivity index (χ2n) is 8.93. The lowest BCUT2D eigenvalue weighted by Crippen LogP contribution is -2.35. The second kappa shape index (κ2) is 9.91. The van der Waals surface area contributed by atoms with Crippen LogP contribution in [-0.2, 0) is 25.9 Å². The van der Waals surface area contributed by atoms with E-state index >= 15 is 0 Å². The summed E-state index contributed by atoms with van der Waals surface area (Å²) in [7, 11) is 3.58. The van der Waals surface area contributed by atoms with Crippen molar-refractivity contribution >= 4 is 17.2 Å². The van der Waals surface area contributed by atoms with E-state index in [1.54, 1.807) is 30.3 Å². The highest BCUT2D eigenvalue weighted by atomic mass is 32.1. The average Bonchev–Trinajstić information content (AvgIpc) is 3.48. The number of carbonyl (C=O) groups excluding carboxylic acids is 1. The molecule has 2 aromatic heterocycles. The normalized spacial score (nSPS) is 15.2. The molecule has 0 radical (unpaired) electrons. The Bertz CT molecular complexity index is 1260. The maximum absolute atomic E-state index is 12.9. The standard InChI is InChI=1S/C27H29N5OS/c1-31(2)27(33)26-22-15-21(13-14-24(22)32(30-26)17-19-9-5-3-6-10-19)28-16-25-29-23(18-34-25)20-11-7-4-8-12-20/h3-12,18,21,28H,13-17H2,1-2H3/t21-/m0/s1. The van der Waals surface area contributed by atoms with Crippen molar-refractivity contribution in [3.63, 3.8) is 0 Å². The lowest BCUT2D eigenvalue weighted by Gasteiger charge is -2.24. The highest BCUT2D eigenvalue weighted by Gasteiger charge is 2.29. The summed E-state index contributed by atoms with van der Waals surface area (Å²) in [6.45, 7) is 1.41. The molecule has 0 aliphatic heterocycles. The zero-order valence-electron chi connectivity index (χ0n) is 19.6. The summed E-state index contributed by atoms with van der Waals surface area (Å²) in [5.74, 6) is -0.0314. The van der Waals surface area contributed by atoms with Crippen LogP contribution >= 0.6 is 11.3 Å². The van der Waals surface area contributed by atoms with Crippen molar-refractivity contribution in [1.29, 1.82) is 0 Å². The Balaban J connectivity index is 1.31. The molecule has 0 spiro atoms. The topological polar surface area (TPSA) is 63.1 Å². The molecule has 0 saturated heterocycles. The van der Waals surface area contributed by atoms with Gasteiger partial charge in [-0.05, 0) is 24.8 Å². The summed E-state index contributed by atoms with van der Waals surface area (Å²) in [5.41, 5.74) is 6.22. The maximum atomic E-state index is 12.9. The van der Waals surface area contributed by atoms with Crippen molar-refractivity contribution in [2.24, 2.45) is 0 Å². The van der Waals surface area contributed by atoms with Crippen LogP contribution in [-0.4, -0.2) is 45.7 Å². The number of carbonyl (C=O) groups is 1. The lowest BCUT2D eigenvalue weighted by molar-refractivity contribution is 0.0820. The smallest absolute Gasteiger partial charge is 0.274 e. The molecule has 174 valence electrons. The predicted octanol–water partition coefficient (Wildman–Crippen LogP) is 4.40. The Hall–Kier alpha value is -3.29. The number of rotatable bonds is 7. The minimum absolute atomic E-state index is 0.0314. The predicted molar refractivity (Wildman–Crippen MR) is 136 cm³/mol. The third kappa shape index (κ3) is 4.81. The van der Waals surface area contributed by atoms with Crippen LogP contribution in [0, 0.1) is 0 Å². The number of amides is 1. The van der Waals surface area contributed by atoms with E-state index in [-0.39, 0.29) is 5.91 Å². The summed E-state index contributed by atoms with van der Waals surface area (Å²) in [4.78, 5) is 19.4. The van der Waals surface area contributed by atoms with E-state index in [4.69, 9.17) is 10.1 Å². The van der Waals surface area contributed by atoms with E-state index < -0.39 is 0 Å². The molecule has 1 amide bonds. The Morgan fingerprint density at radius 1 is 1.12 bits per heavy atom. The molecule has 0 fully saturated rings. The molecule has 2 heterocycles. The molecular formula is C27H29N5OS. The van der Waals surface area contributed by atoms with Crippen LogP contribution in [0.3, 0.4) is 0 Å². The number of thiazole rings is 1. The minimum Gasteiger partial charge on any atom is -0.343 e. The molecule has 7 heteroatoms. The van der Waals surface area contributed by atoms with E-state index in [9.17, 15) is 4.79 Å². The van der Waals surface area contributed by atoms with Crippen molar-refractivity contribution in [2.45, 2.75) is 38.4 Å². The van der Waals surface area contributed by atoms with Crippen molar-refractivity contribution in [3.05, 3.63) is 93.6 Å². The largest absolute Gasteiger partial charge is 0.343 e. The van der Waals surface area contributed by atoms with Gasteiger partial charge in [-0.15, -0.1) is 11.3 Å². The van der Waals surface area contributed by atoms with Crippen LogP contribution in [0.15, 0.2) is 66.0 Å². The fraction of sp³-hybridized carbons (Fsp3) is 0.296. The van der Waals surface area contributed by atoms with Crippen LogP contribution in [0.2, 0.25) is 0 Å². The van der Waals surface area contributed by atoms with Gasteiger partial charge in [0.25, 0.3) is 5.91 Å². The molecule has 4 aromatic rings. The first-order valence-electron chi connectivity index (χ1n) is 11.7. The van der Waals surface area contributed by atoms with Crippen molar-refractivity contribution in [1.82, 2.24) is 25.0 Å². The first-order valence-corrected chi connectivity index (χ1v) is 12.5. The Kier molecular flexibility index (Phi) is 6.56. The molecule has 1 atom stereocenters. The Labute approximate surface area is 204 Å². The van der Waals surface area contributed by atoms with E-state index in [0.717, 1.165) is 47.6 Å². The third-order valence-corrected chi connectivity index (χ3v) is 7.14. The number of aromatic nitrogens is 3. The summed E-state index contributed by atoms with van der Waals surface area (Å²) in [5, 5.41) is 11.7.